The number of carbonyl (C=O) groups is 2. The maximum Gasteiger partial charge on any atom is 0.290 e. The molecule has 2 aromatic heterocycles. The van der Waals surface area contributed by atoms with Gasteiger partial charge in [-0.15, -0.1) is 11.3 Å². The smallest absolute Gasteiger partial charge is 0.290 e. The van der Waals surface area contributed by atoms with E-state index in [9.17, 15) is 14.7 Å². The number of hydrogen-bond donors (Lipinski definition) is 1. The molecule has 4 rings (SSSR count). The van der Waals surface area contributed by atoms with Crippen LogP contribution in [0.5, 0.6) is 0 Å². The normalized spacial score (nSPS) is 20.8. The Hall–Kier alpha value is -2.64. The first-order chi connectivity index (χ1) is 13.6. The van der Waals surface area contributed by atoms with Crippen LogP contribution in [0.1, 0.15) is 29.5 Å². The van der Waals surface area contributed by atoms with E-state index in [1.807, 2.05) is 17.5 Å². The Morgan fingerprint density at radius 1 is 1.25 bits per heavy atom. The molecule has 0 bridgehead atoms. The number of amides is 1. The van der Waals surface area contributed by atoms with Gasteiger partial charge in [0.2, 0.25) is 0 Å². The van der Waals surface area contributed by atoms with Crippen molar-refractivity contribution in [2.45, 2.75) is 18.9 Å². The summed E-state index contributed by atoms with van der Waals surface area (Å²) < 4.78 is 5.21. The molecule has 0 radical (unpaired) electrons. The average molecular weight is 398 g/mol. The van der Waals surface area contributed by atoms with E-state index < -0.39 is 17.7 Å². The molecular formula is C21H22N2O4S. The number of aliphatic hydroxyl groups excluding tert-OH is 1. The van der Waals surface area contributed by atoms with Crippen LogP contribution < -0.4 is 0 Å². The van der Waals surface area contributed by atoms with Crippen LogP contribution in [0.3, 0.4) is 0 Å². The highest BCUT2D eigenvalue weighted by Gasteiger charge is 2.43. The number of allylic oxidation sites excluding steroid dienone is 1. The highest BCUT2D eigenvalue weighted by molar-refractivity contribution is 7.10. The average Bonchev–Trinajstić information content (AvgIpc) is 3.48. The van der Waals surface area contributed by atoms with E-state index >= 15 is 0 Å². The molecule has 0 saturated carbocycles. The molecule has 2 aromatic rings. The maximum absolute atomic E-state index is 12.9. The SMILES string of the molecule is O=C(/C=C/c1ccco1)C1=C(O)C(=O)N(CCN2CCCC2)C1c1cccs1. The minimum absolute atomic E-state index is 0.136. The van der Waals surface area contributed by atoms with Crippen LogP contribution in [0, 0.1) is 0 Å². The molecule has 0 aliphatic carbocycles. The van der Waals surface area contributed by atoms with E-state index in [4.69, 9.17) is 4.42 Å². The van der Waals surface area contributed by atoms with Crippen LogP contribution in [0.15, 0.2) is 57.7 Å². The van der Waals surface area contributed by atoms with E-state index in [0.717, 1.165) is 24.5 Å². The molecule has 7 heteroatoms. The van der Waals surface area contributed by atoms with Gasteiger partial charge >= 0.3 is 0 Å². The summed E-state index contributed by atoms with van der Waals surface area (Å²) in [4.78, 5) is 30.4. The van der Waals surface area contributed by atoms with Crippen molar-refractivity contribution in [2.75, 3.05) is 26.2 Å². The predicted molar refractivity (Wildman–Crippen MR) is 107 cm³/mol. The Balaban J connectivity index is 1.59. The lowest BCUT2D eigenvalue weighted by molar-refractivity contribution is -0.129. The third kappa shape index (κ3) is 3.68. The van der Waals surface area contributed by atoms with Crippen LogP contribution >= 0.6 is 11.3 Å². The first-order valence-corrected chi connectivity index (χ1v) is 10.3. The third-order valence-electron chi connectivity index (χ3n) is 5.18. The molecule has 28 heavy (non-hydrogen) atoms. The topological polar surface area (TPSA) is 74.0 Å². The summed E-state index contributed by atoms with van der Waals surface area (Å²) in [6.45, 7) is 3.28. The zero-order valence-electron chi connectivity index (χ0n) is 15.4. The van der Waals surface area contributed by atoms with Gasteiger partial charge in [-0.25, -0.2) is 0 Å². The fourth-order valence-electron chi connectivity index (χ4n) is 3.77. The summed E-state index contributed by atoms with van der Waals surface area (Å²) in [5, 5.41) is 12.4. The predicted octanol–water partition coefficient (Wildman–Crippen LogP) is 3.41. The number of rotatable bonds is 7. The molecule has 2 aliphatic heterocycles. The van der Waals surface area contributed by atoms with Gasteiger partial charge in [0.1, 0.15) is 5.76 Å². The lowest BCUT2D eigenvalue weighted by Gasteiger charge is -2.27. The number of ketones is 1. The molecule has 1 N–H and O–H groups in total. The minimum atomic E-state index is -0.552. The number of carbonyl (C=O) groups excluding carboxylic acids is 2. The van der Waals surface area contributed by atoms with Crippen molar-refractivity contribution in [1.82, 2.24) is 9.80 Å². The quantitative estimate of drug-likeness (QED) is 0.724. The monoisotopic (exact) mass is 398 g/mol. The molecule has 0 aromatic carbocycles. The Kier molecular flexibility index (Phi) is 5.45. The van der Waals surface area contributed by atoms with Gasteiger partial charge in [-0.1, -0.05) is 6.07 Å². The molecule has 1 fully saturated rings. The fourth-order valence-corrected chi connectivity index (χ4v) is 4.61. The van der Waals surface area contributed by atoms with Gasteiger partial charge in [-0.05, 0) is 61.7 Å². The number of likely N-dealkylation sites (tertiary alicyclic amines) is 1. The van der Waals surface area contributed by atoms with Crippen molar-refractivity contribution in [3.05, 3.63) is 64.0 Å². The first kappa shape index (κ1) is 18.7. The Morgan fingerprint density at radius 3 is 2.75 bits per heavy atom. The lowest BCUT2D eigenvalue weighted by Crippen LogP contribution is -2.37. The summed E-state index contributed by atoms with van der Waals surface area (Å²) in [7, 11) is 0. The molecular weight excluding hydrogens is 376 g/mol. The van der Waals surface area contributed by atoms with Crippen LogP contribution in [-0.4, -0.2) is 52.8 Å². The molecule has 146 valence electrons. The number of thiophene rings is 1. The van der Waals surface area contributed by atoms with E-state index in [1.165, 1.54) is 36.5 Å². The Bertz CT molecular complexity index is 893. The van der Waals surface area contributed by atoms with Crippen molar-refractivity contribution in [1.29, 1.82) is 0 Å². The highest BCUT2D eigenvalue weighted by Crippen LogP contribution is 2.39. The molecule has 1 saturated heterocycles. The van der Waals surface area contributed by atoms with Crippen molar-refractivity contribution in [3.8, 4) is 0 Å². The zero-order valence-corrected chi connectivity index (χ0v) is 16.2. The van der Waals surface area contributed by atoms with E-state index in [1.54, 1.807) is 23.1 Å². The van der Waals surface area contributed by atoms with Crippen molar-refractivity contribution in [2.24, 2.45) is 0 Å². The van der Waals surface area contributed by atoms with Crippen LogP contribution in [-0.2, 0) is 9.59 Å². The van der Waals surface area contributed by atoms with E-state index in [0.29, 0.717) is 12.3 Å². The van der Waals surface area contributed by atoms with E-state index in [-0.39, 0.29) is 11.4 Å². The number of hydrogen-bond acceptors (Lipinski definition) is 6. The summed E-state index contributed by atoms with van der Waals surface area (Å²) in [6, 6.07) is 6.70. The maximum atomic E-state index is 12.9. The largest absolute Gasteiger partial charge is 0.503 e. The first-order valence-electron chi connectivity index (χ1n) is 9.41. The van der Waals surface area contributed by atoms with Gasteiger partial charge < -0.3 is 19.3 Å². The second-order valence-corrected chi connectivity index (χ2v) is 7.92. The van der Waals surface area contributed by atoms with Gasteiger partial charge in [0.25, 0.3) is 5.91 Å². The fraction of sp³-hybridized carbons (Fsp3) is 0.333. The summed E-state index contributed by atoms with van der Waals surface area (Å²) in [6.07, 6.45) is 6.77. The molecule has 1 unspecified atom stereocenters. The molecule has 4 heterocycles. The van der Waals surface area contributed by atoms with Crippen LogP contribution in [0.25, 0.3) is 6.08 Å². The van der Waals surface area contributed by atoms with Crippen molar-refractivity contribution in [3.63, 3.8) is 0 Å². The third-order valence-corrected chi connectivity index (χ3v) is 6.10. The van der Waals surface area contributed by atoms with Gasteiger partial charge in [0.15, 0.2) is 11.5 Å². The Morgan fingerprint density at radius 2 is 2.07 bits per heavy atom. The van der Waals surface area contributed by atoms with Gasteiger partial charge in [-0.3, -0.25) is 9.59 Å². The van der Waals surface area contributed by atoms with Gasteiger partial charge in [0.05, 0.1) is 17.9 Å². The molecule has 6 nitrogen and oxygen atoms in total. The van der Waals surface area contributed by atoms with Gasteiger partial charge in [-0.2, -0.15) is 0 Å². The second-order valence-electron chi connectivity index (χ2n) is 6.94. The standard InChI is InChI=1S/C21H22N2O4S/c24-16(8-7-15-5-3-13-27-15)18-19(17-6-4-14-28-17)23(21(26)20(18)25)12-11-22-9-1-2-10-22/h3-8,13-14,19,25H,1-2,9-12H2/b8-7+. The second kappa shape index (κ2) is 8.16. The zero-order chi connectivity index (χ0) is 19.5. The number of aliphatic hydroxyl groups is 1. The molecule has 1 atom stereocenters. The van der Waals surface area contributed by atoms with E-state index in [2.05, 4.69) is 4.90 Å². The molecule has 2 aliphatic rings. The minimum Gasteiger partial charge on any atom is -0.503 e. The highest BCUT2D eigenvalue weighted by atomic mass is 32.1. The Labute approximate surface area is 167 Å². The number of furan rings is 1. The van der Waals surface area contributed by atoms with Crippen LogP contribution in [0.2, 0.25) is 0 Å². The molecule has 1 amide bonds. The molecule has 0 spiro atoms. The lowest BCUT2D eigenvalue weighted by atomic mass is 10.0. The summed E-state index contributed by atoms with van der Waals surface area (Å²) in [5.41, 5.74) is 0.136. The summed E-state index contributed by atoms with van der Waals surface area (Å²) >= 11 is 1.48. The summed E-state index contributed by atoms with van der Waals surface area (Å²) in [5.74, 6) is -0.776. The van der Waals surface area contributed by atoms with Crippen LogP contribution in [0.4, 0.5) is 0 Å². The van der Waals surface area contributed by atoms with Crippen molar-refractivity contribution < 1.29 is 19.1 Å². The van der Waals surface area contributed by atoms with Gasteiger partial charge in [0, 0.05) is 18.0 Å². The van der Waals surface area contributed by atoms with Crippen molar-refractivity contribution >= 4 is 29.1 Å². The number of nitrogens with zero attached hydrogens (tertiary/aromatic N) is 2.